The number of likely N-dealkylation sites (N-methyl/N-ethyl adjacent to an activating group) is 1. The van der Waals surface area contributed by atoms with Gasteiger partial charge in [-0.05, 0) is 51.0 Å². The fourth-order valence-electron chi connectivity index (χ4n) is 3.06. The highest BCUT2D eigenvalue weighted by molar-refractivity contribution is 5.79. The second kappa shape index (κ2) is 9.57. The summed E-state index contributed by atoms with van der Waals surface area (Å²) in [5.74, 6) is 0.885. The number of carbonyl (C=O) groups is 2. The third-order valence-electron chi connectivity index (χ3n) is 5.04. The van der Waals surface area contributed by atoms with Crippen LogP contribution in [0.25, 0.3) is 0 Å². The normalized spacial score (nSPS) is 15.0. The summed E-state index contributed by atoms with van der Waals surface area (Å²) < 4.78 is 5.64. The number of amides is 2. The van der Waals surface area contributed by atoms with Gasteiger partial charge in [-0.3, -0.25) is 14.5 Å². The van der Waals surface area contributed by atoms with E-state index in [1.54, 1.807) is 0 Å². The maximum absolute atomic E-state index is 12.4. The Balaban J connectivity index is 1.75. The Labute approximate surface area is 156 Å². The SMILES string of the molecule is CCN(CC)C(=O)CN1CCN(C(=O)COc2ccc(C)c(C)c2)CC1. The average molecular weight is 361 g/mol. The van der Waals surface area contributed by atoms with Gasteiger partial charge >= 0.3 is 0 Å². The zero-order valence-electron chi connectivity index (χ0n) is 16.5. The van der Waals surface area contributed by atoms with Crippen molar-refractivity contribution in [2.75, 3.05) is 52.4 Å². The predicted octanol–water partition coefficient (Wildman–Crippen LogP) is 1.69. The molecule has 0 aromatic heterocycles. The zero-order valence-corrected chi connectivity index (χ0v) is 16.5. The first kappa shape index (κ1) is 20.2. The van der Waals surface area contributed by atoms with E-state index in [9.17, 15) is 9.59 Å². The third kappa shape index (κ3) is 5.46. The van der Waals surface area contributed by atoms with Crippen molar-refractivity contribution in [3.05, 3.63) is 29.3 Å². The van der Waals surface area contributed by atoms with Gasteiger partial charge < -0.3 is 14.5 Å². The zero-order chi connectivity index (χ0) is 19.1. The number of benzene rings is 1. The molecule has 0 spiro atoms. The lowest BCUT2D eigenvalue weighted by Gasteiger charge is -2.35. The quantitative estimate of drug-likeness (QED) is 0.742. The Morgan fingerprint density at radius 2 is 1.69 bits per heavy atom. The molecule has 1 aliphatic heterocycles. The highest BCUT2D eigenvalue weighted by Crippen LogP contribution is 2.16. The number of hydrogen-bond acceptors (Lipinski definition) is 4. The van der Waals surface area contributed by atoms with E-state index in [4.69, 9.17) is 4.74 Å². The fraction of sp³-hybridized carbons (Fsp3) is 0.600. The lowest BCUT2D eigenvalue weighted by atomic mass is 10.1. The van der Waals surface area contributed by atoms with E-state index in [1.165, 1.54) is 5.56 Å². The van der Waals surface area contributed by atoms with Gasteiger partial charge in [0, 0.05) is 39.3 Å². The molecule has 1 saturated heterocycles. The molecular weight excluding hydrogens is 330 g/mol. The molecule has 1 aromatic rings. The monoisotopic (exact) mass is 361 g/mol. The minimum atomic E-state index is -0.00190. The molecule has 2 amide bonds. The first-order chi connectivity index (χ1) is 12.4. The van der Waals surface area contributed by atoms with Crippen LogP contribution in [0.4, 0.5) is 0 Å². The van der Waals surface area contributed by atoms with Gasteiger partial charge in [0.15, 0.2) is 6.61 Å². The summed E-state index contributed by atoms with van der Waals surface area (Å²) in [6.45, 7) is 12.8. The van der Waals surface area contributed by atoms with Gasteiger partial charge in [-0.25, -0.2) is 0 Å². The molecular formula is C20H31N3O3. The molecule has 6 nitrogen and oxygen atoms in total. The van der Waals surface area contributed by atoms with Gasteiger partial charge in [0.1, 0.15) is 5.75 Å². The van der Waals surface area contributed by atoms with Crippen molar-refractivity contribution in [1.29, 1.82) is 0 Å². The van der Waals surface area contributed by atoms with Crippen molar-refractivity contribution >= 4 is 11.8 Å². The highest BCUT2D eigenvalue weighted by atomic mass is 16.5. The minimum Gasteiger partial charge on any atom is -0.484 e. The summed E-state index contributed by atoms with van der Waals surface area (Å²) in [4.78, 5) is 30.3. The van der Waals surface area contributed by atoms with Crippen LogP contribution in [0.5, 0.6) is 5.75 Å². The van der Waals surface area contributed by atoms with Crippen molar-refractivity contribution in [2.24, 2.45) is 0 Å². The van der Waals surface area contributed by atoms with Crippen molar-refractivity contribution in [3.8, 4) is 5.75 Å². The van der Waals surface area contributed by atoms with E-state index >= 15 is 0 Å². The molecule has 6 heteroatoms. The van der Waals surface area contributed by atoms with Crippen molar-refractivity contribution in [3.63, 3.8) is 0 Å². The Hall–Kier alpha value is -2.08. The molecule has 0 radical (unpaired) electrons. The van der Waals surface area contributed by atoms with Crippen molar-refractivity contribution < 1.29 is 14.3 Å². The molecule has 1 heterocycles. The molecule has 1 aliphatic rings. The molecule has 26 heavy (non-hydrogen) atoms. The summed E-state index contributed by atoms with van der Waals surface area (Å²) in [6, 6.07) is 5.85. The maximum atomic E-state index is 12.4. The van der Waals surface area contributed by atoms with Crippen LogP contribution in [0.2, 0.25) is 0 Å². The van der Waals surface area contributed by atoms with Crippen molar-refractivity contribution in [2.45, 2.75) is 27.7 Å². The smallest absolute Gasteiger partial charge is 0.260 e. The Kier molecular flexibility index (Phi) is 7.45. The van der Waals surface area contributed by atoms with E-state index in [0.717, 1.165) is 37.5 Å². The van der Waals surface area contributed by atoms with Crippen LogP contribution in [0.1, 0.15) is 25.0 Å². The van der Waals surface area contributed by atoms with E-state index < -0.39 is 0 Å². The lowest BCUT2D eigenvalue weighted by Crippen LogP contribution is -2.52. The lowest BCUT2D eigenvalue weighted by molar-refractivity contribution is -0.136. The Morgan fingerprint density at radius 3 is 2.27 bits per heavy atom. The second-order valence-electron chi connectivity index (χ2n) is 6.76. The van der Waals surface area contributed by atoms with Crippen LogP contribution in [0.15, 0.2) is 18.2 Å². The van der Waals surface area contributed by atoms with Crippen molar-refractivity contribution in [1.82, 2.24) is 14.7 Å². The highest BCUT2D eigenvalue weighted by Gasteiger charge is 2.23. The number of piperazine rings is 1. The van der Waals surface area contributed by atoms with E-state index in [2.05, 4.69) is 11.8 Å². The number of aryl methyl sites for hydroxylation is 2. The molecule has 0 aliphatic carbocycles. The number of carbonyl (C=O) groups excluding carboxylic acids is 2. The first-order valence-corrected chi connectivity index (χ1v) is 9.42. The summed E-state index contributed by atoms with van der Waals surface area (Å²) in [7, 11) is 0. The van der Waals surface area contributed by atoms with Gasteiger partial charge in [0.25, 0.3) is 5.91 Å². The van der Waals surface area contributed by atoms with Crippen LogP contribution in [0, 0.1) is 13.8 Å². The fourth-order valence-corrected chi connectivity index (χ4v) is 3.06. The average Bonchev–Trinajstić information content (AvgIpc) is 2.64. The summed E-state index contributed by atoms with van der Waals surface area (Å²) in [6.07, 6.45) is 0. The third-order valence-corrected chi connectivity index (χ3v) is 5.04. The summed E-state index contributed by atoms with van der Waals surface area (Å²) >= 11 is 0. The molecule has 0 N–H and O–H groups in total. The van der Waals surface area contributed by atoms with Crippen LogP contribution < -0.4 is 4.74 Å². The minimum absolute atomic E-state index is 0.00190. The molecule has 0 atom stereocenters. The Bertz CT molecular complexity index is 621. The van der Waals surface area contributed by atoms with E-state index in [-0.39, 0.29) is 18.4 Å². The number of rotatable bonds is 7. The number of nitrogens with zero attached hydrogens (tertiary/aromatic N) is 3. The maximum Gasteiger partial charge on any atom is 0.260 e. The van der Waals surface area contributed by atoms with Gasteiger partial charge in [-0.1, -0.05) is 6.07 Å². The Morgan fingerprint density at radius 1 is 1.04 bits per heavy atom. The molecule has 0 unspecified atom stereocenters. The molecule has 1 fully saturated rings. The molecule has 144 valence electrons. The van der Waals surface area contributed by atoms with E-state index in [1.807, 2.05) is 48.8 Å². The van der Waals surface area contributed by atoms with Gasteiger partial charge in [-0.2, -0.15) is 0 Å². The van der Waals surface area contributed by atoms with Crippen LogP contribution in [0.3, 0.4) is 0 Å². The molecule has 0 bridgehead atoms. The molecule has 1 aromatic carbocycles. The second-order valence-corrected chi connectivity index (χ2v) is 6.76. The molecule has 2 rings (SSSR count). The first-order valence-electron chi connectivity index (χ1n) is 9.42. The van der Waals surface area contributed by atoms with Crippen LogP contribution in [-0.2, 0) is 9.59 Å². The number of hydrogen-bond donors (Lipinski definition) is 0. The van der Waals surface area contributed by atoms with Gasteiger partial charge in [0.2, 0.25) is 5.91 Å². The standard InChI is InChI=1S/C20H31N3O3/c1-5-22(6-2)19(24)14-21-9-11-23(12-10-21)20(25)15-26-18-8-7-16(3)17(4)13-18/h7-8,13H,5-6,9-12,14-15H2,1-4H3. The molecule has 0 saturated carbocycles. The van der Waals surface area contributed by atoms with Crippen LogP contribution in [-0.4, -0.2) is 78.9 Å². The van der Waals surface area contributed by atoms with E-state index in [0.29, 0.717) is 19.6 Å². The van der Waals surface area contributed by atoms with Crippen LogP contribution >= 0.6 is 0 Å². The van der Waals surface area contributed by atoms with Gasteiger partial charge in [-0.15, -0.1) is 0 Å². The summed E-state index contributed by atoms with van der Waals surface area (Å²) in [5.41, 5.74) is 2.36. The largest absolute Gasteiger partial charge is 0.484 e. The van der Waals surface area contributed by atoms with Gasteiger partial charge in [0.05, 0.1) is 6.54 Å². The predicted molar refractivity (Wildman–Crippen MR) is 102 cm³/mol. The topological polar surface area (TPSA) is 53.1 Å². The number of ether oxygens (including phenoxy) is 1. The summed E-state index contributed by atoms with van der Waals surface area (Å²) in [5, 5.41) is 0.